The Morgan fingerprint density at radius 1 is 1.14 bits per heavy atom. The standard InChI is InChI=1S/C12H7ClF6N2O/c13-10-7(20-4-11(14,15)16)2-1-6-9(10)5(12(17,18)19)3-8(22)21-6/h1-3,20H,4H2,(H,21,22). The molecule has 0 bridgehead atoms. The average molecular weight is 345 g/mol. The molecule has 1 aromatic carbocycles. The molecule has 0 aliphatic rings. The lowest BCUT2D eigenvalue weighted by molar-refractivity contribution is -0.136. The van der Waals surface area contributed by atoms with Crippen LogP contribution in [0.2, 0.25) is 5.02 Å². The van der Waals surface area contributed by atoms with Gasteiger partial charge in [0.2, 0.25) is 5.56 Å². The van der Waals surface area contributed by atoms with Crippen molar-refractivity contribution in [1.29, 1.82) is 0 Å². The lowest BCUT2D eigenvalue weighted by Gasteiger charge is -2.15. The molecule has 0 aliphatic carbocycles. The molecule has 0 aliphatic heterocycles. The molecular weight excluding hydrogens is 338 g/mol. The third-order valence-electron chi connectivity index (χ3n) is 2.73. The van der Waals surface area contributed by atoms with E-state index in [9.17, 15) is 31.1 Å². The number of aromatic amines is 1. The highest BCUT2D eigenvalue weighted by atomic mass is 35.5. The molecule has 0 fully saturated rings. The number of anilines is 1. The van der Waals surface area contributed by atoms with E-state index in [1.807, 2.05) is 5.32 Å². The summed E-state index contributed by atoms with van der Waals surface area (Å²) >= 11 is 5.78. The zero-order valence-electron chi connectivity index (χ0n) is 10.5. The van der Waals surface area contributed by atoms with E-state index in [2.05, 4.69) is 4.98 Å². The number of benzene rings is 1. The minimum Gasteiger partial charge on any atom is -0.375 e. The van der Waals surface area contributed by atoms with Crippen LogP contribution in [0.4, 0.5) is 32.0 Å². The van der Waals surface area contributed by atoms with Gasteiger partial charge in [0.15, 0.2) is 0 Å². The van der Waals surface area contributed by atoms with Crippen LogP contribution >= 0.6 is 11.6 Å². The van der Waals surface area contributed by atoms with Gasteiger partial charge in [-0.2, -0.15) is 26.3 Å². The Balaban J connectivity index is 2.64. The second-order valence-corrected chi connectivity index (χ2v) is 4.74. The van der Waals surface area contributed by atoms with Crippen molar-refractivity contribution < 1.29 is 26.3 Å². The summed E-state index contributed by atoms with van der Waals surface area (Å²) in [6.45, 7) is -1.46. The van der Waals surface area contributed by atoms with Crippen LogP contribution in [-0.2, 0) is 6.18 Å². The number of aromatic nitrogens is 1. The van der Waals surface area contributed by atoms with Crippen molar-refractivity contribution in [3.63, 3.8) is 0 Å². The van der Waals surface area contributed by atoms with Crippen LogP contribution in [0, 0.1) is 0 Å². The van der Waals surface area contributed by atoms with E-state index in [-0.39, 0.29) is 11.2 Å². The predicted molar refractivity (Wildman–Crippen MR) is 69.1 cm³/mol. The number of hydrogen-bond donors (Lipinski definition) is 2. The average Bonchev–Trinajstić information content (AvgIpc) is 2.34. The number of alkyl halides is 6. The van der Waals surface area contributed by atoms with E-state index in [1.165, 1.54) is 0 Å². The van der Waals surface area contributed by atoms with Crippen LogP contribution in [0.3, 0.4) is 0 Å². The van der Waals surface area contributed by atoms with E-state index in [0.29, 0.717) is 6.07 Å². The highest BCUT2D eigenvalue weighted by molar-refractivity contribution is 6.38. The summed E-state index contributed by atoms with van der Waals surface area (Å²) in [5, 5.41) is 0.803. The molecule has 0 radical (unpaired) electrons. The van der Waals surface area contributed by atoms with Crippen molar-refractivity contribution >= 4 is 28.2 Å². The maximum atomic E-state index is 13.0. The summed E-state index contributed by atoms with van der Waals surface area (Å²) in [6, 6.07) is 2.42. The fraction of sp³-hybridized carbons (Fsp3) is 0.250. The minimum atomic E-state index is -4.88. The summed E-state index contributed by atoms with van der Waals surface area (Å²) < 4.78 is 75.4. The van der Waals surface area contributed by atoms with Gasteiger partial charge in [0, 0.05) is 11.5 Å². The van der Waals surface area contributed by atoms with Gasteiger partial charge in [0.1, 0.15) is 6.54 Å². The number of rotatable bonds is 2. The smallest absolute Gasteiger partial charge is 0.375 e. The van der Waals surface area contributed by atoms with E-state index in [0.717, 1.165) is 12.1 Å². The molecule has 120 valence electrons. The van der Waals surface area contributed by atoms with Crippen LogP contribution in [0.1, 0.15) is 5.56 Å². The summed E-state index contributed by atoms with van der Waals surface area (Å²) in [7, 11) is 0. The Labute approximate surface area is 123 Å². The van der Waals surface area contributed by atoms with E-state index < -0.39 is 40.4 Å². The third-order valence-corrected chi connectivity index (χ3v) is 3.12. The monoisotopic (exact) mass is 344 g/mol. The van der Waals surface area contributed by atoms with Gasteiger partial charge in [0.05, 0.1) is 21.8 Å². The number of hydrogen-bond acceptors (Lipinski definition) is 2. The molecule has 0 saturated carbocycles. The zero-order chi connectivity index (χ0) is 16.7. The van der Waals surface area contributed by atoms with Crippen molar-refractivity contribution in [2.75, 3.05) is 11.9 Å². The molecule has 22 heavy (non-hydrogen) atoms. The fourth-order valence-electron chi connectivity index (χ4n) is 1.87. The molecule has 3 nitrogen and oxygen atoms in total. The predicted octanol–water partition coefficient (Wildman–Crippen LogP) is 4.17. The number of halogens is 7. The molecule has 2 N–H and O–H groups in total. The molecule has 10 heteroatoms. The number of H-pyrrole nitrogens is 1. The first-order valence-corrected chi connectivity index (χ1v) is 6.10. The highest BCUT2D eigenvalue weighted by Gasteiger charge is 2.35. The van der Waals surface area contributed by atoms with Crippen LogP contribution < -0.4 is 10.9 Å². The molecule has 2 aromatic rings. The van der Waals surface area contributed by atoms with Gasteiger partial charge in [-0.3, -0.25) is 4.79 Å². The van der Waals surface area contributed by atoms with Gasteiger partial charge < -0.3 is 10.3 Å². The molecule has 0 spiro atoms. The first-order valence-electron chi connectivity index (χ1n) is 5.72. The van der Waals surface area contributed by atoms with Crippen LogP contribution in [0.5, 0.6) is 0 Å². The summed E-state index contributed by atoms with van der Waals surface area (Å²) in [5.41, 5.74) is -2.84. The lowest BCUT2D eigenvalue weighted by Crippen LogP contribution is -2.21. The van der Waals surface area contributed by atoms with E-state index in [1.54, 1.807) is 0 Å². The zero-order valence-corrected chi connectivity index (χ0v) is 11.2. The van der Waals surface area contributed by atoms with Crippen molar-refractivity contribution in [3.05, 3.63) is 39.1 Å². The summed E-state index contributed by atoms with van der Waals surface area (Å²) in [6.07, 6.45) is -9.44. The Kier molecular flexibility index (Phi) is 4.03. The molecular formula is C12H7ClF6N2O. The largest absolute Gasteiger partial charge is 0.417 e. The normalized spacial score (nSPS) is 12.7. The molecule has 1 heterocycles. The van der Waals surface area contributed by atoms with Crippen molar-refractivity contribution in [2.45, 2.75) is 12.4 Å². The minimum absolute atomic E-state index is 0.220. The van der Waals surface area contributed by atoms with E-state index in [4.69, 9.17) is 11.6 Å². The quantitative estimate of drug-likeness (QED) is 0.803. The number of nitrogens with one attached hydrogen (secondary N) is 2. The topological polar surface area (TPSA) is 44.9 Å². The van der Waals surface area contributed by atoms with Crippen molar-refractivity contribution in [2.24, 2.45) is 0 Å². The van der Waals surface area contributed by atoms with Gasteiger partial charge >= 0.3 is 12.4 Å². The SMILES string of the molecule is O=c1cc(C(F)(F)F)c2c(Cl)c(NCC(F)(F)F)ccc2[nH]1. The lowest BCUT2D eigenvalue weighted by atomic mass is 10.1. The van der Waals surface area contributed by atoms with Gasteiger partial charge in [-0.15, -0.1) is 0 Å². The van der Waals surface area contributed by atoms with Gasteiger partial charge in [0.25, 0.3) is 0 Å². The van der Waals surface area contributed by atoms with Crippen LogP contribution in [0.15, 0.2) is 23.0 Å². The number of pyridine rings is 1. The molecule has 2 rings (SSSR count). The second kappa shape index (κ2) is 5.38. The molecule has 0 unspecified atom stereocenters. The molecule has 0 saturated heterocycles. The Morgan fingerprint density at radius 2 is 1.77 bits per heavy atom. The van der Waals surface area contributed by atoms with Crippen LogP contribution in [-0.4, -0.2) is 17.7 Å². The molecule has 0 amide bonds. The maximum absolute atomic E-state index is 13.0. The Bertz CT molecular complexity index is 765. The molecule has 0 atom stereocenters. The first kappa shape index (κ1) is 16.5. The van der Waals surface area contributed by atoms with E-state index >= 15 is 0 Å². The van der Waals surface area contributed by atoms with Crippen LogP contribution in [0.25, 0.3) is 10.9 Å². The Hall–Kier alpha value is -1.90. The fourth-order valence-corrected chi connectivity index (χ4v) is 2.20. The highest BCUT2D eigenvalue weighted by Crippen LogP contribution is 2.39. The number of fused-ring (bicyclic) bond motifs is 1. The van der Waals surface area contributed by atoms with Crippen molar-refractivity contribution in [1.82, 2.24) is 4.98 Å². The second-order valence-electron chi connectivity index (χ2n) is 4.36. The van der Waals surface area contributed by atoms with Crippen molar-refractivity contribution in [3.8, 4) is 0 Å². The van der Waals surface area contributed by atoms with Gasteiger partial charge in [-0.1, -0.05) is 11.6 Å². The maximum Gasteiger partial charge on any atom is 0.417 e. The Morgan fingerprint density at radius 3 is 2.32 bits per heavy atom. The summed E-state index contributed by atoms with van der Waals surface area (Å²) in [5.74, 6) is 0. The van der Waals surface area contributed by atoms with Gasteiger partial charge in [-0.25, -0.2) is 0 Å². The molecule has 1 aromatic heterocycles. The third kappa shape index (κ3) is 3.46. The summed E-state index contributed by atoms with van der Waals surface area (Å²) in [4.78, 5) is 13.4. The first-order chi connectivity index (χ1) is 9.99. The van der Waals surface area contributed by atoms with Gasteiger partial charge in [-0.05, 0) is 12.1 Å².